The molecule has 0 radical (unpaired) electrons. The molecular weight excluding hydrogens is 576 g/mol. The number of hydrogen-bond donors (Lipinski definition) is 3. The maximum absolute atomic E-state index is 13.2. The van der Waals surface area contributed by atoms with Gasteiger partial charge in [-0.15, -0.1) is 0 Å². The summed E-state index contributed by atoms with van der Waals surface area (Å²) in [7, 11) is -2.66. The lowest BCUT2D eigenvalue weighted by Gasteiger charge is -2.29. The zero-order chi connectivity index (χ0) is 27.7. The highest BCUT2D eigenvalue weighted by Crippen LogP contribution is 2.33. The Kier molecular flexibility index (Phi) is 11.2. The zero-order valence-electron chi connectivity index (χ0n) is 19.6. The fourth-order valence-corrected chi connectivity index (χ4v) is 6.34. The Morgan fingerprint density at radius 2 is 1.82 bits per heavy atom. The van der Waals surface area contributed by atoms with Gasteiger partial charge in [0.25, 0.3) is 12.3 Å². The van der Waals surface area contributed by atoms with Gasteiger partial charge in [0.2, 0.25) is 28.0 Å². The van der Waals surface area contributed by atoms with Crippen molar-refractivity contribution >= 4 is 49.2 Å². The summed E-state index contributed by atoms with van der Waals surface area (Å²) in [4.78, 5) is 29.6. The third kappa shape index (κ3) is 8.81. The monoisotopic (exact) mass is 600 g/mol. The van der Waals surface area contributed by atoms with Crippen LogP contribution in [-0.2, 0) is 14.8 Å². The first kappa shape index (κ1) is 30.1. The molecule has 2 heterocycles. The minimum Gasteiger partial charge on any atom is -0.338 e. The molecular formula is C20H24F4N6O5S3. The summed E-state index contributed by atoms with van der Waals surface area (Å²) in [5.74, 6) is -2.16. The van der Waals surface area contributed by atoms with Crippen LogP contribution in [0.2, 0.25) is 0 Å². The van der Waals surface area contributed by atoms with E-state index >= 15 is 0 Å². The predicted molar refractivity (Wildman–Crippen MR) is 131 cm³/mol. The Morgan fingerprint density at radius 1 is 1.08 bits per heavy atom. The summed E-state index contributed by atoms with van der Waals surface area (Å²) in [6.07, 6.45) is -0.550. The van der Waals surface area contributed by atoms with Crippen LogP contribution in [0.3, 0.4) is 0 Å². The van der Waals surface area contributed by atoms with Crippen LogP contribution >= 0.6 is 21.6 Å². The highest BCUT2D eigenvalue weighted by molar-refractivity contribution is 8.76. The molecule has 210 valence electrons. The molecule has 0 aliphatic heterocycles. The van der Waals surface area contributed by atoms with E-state index in [1.807, 2.05) is 0 Å². The third-order valence-corrected chi connectivity index (χ3v) is 9.00. The van der Waals surface area contributed by atoms with Crippen molar-refractivity contribution in [1.29, 1.82) is 0 Å². The number of carbonyl (C=O) groups is 2. The standard InChI is InChI=1S/C20H24F4N6O5S3/c21-13(22)9-26-38(33,34)12-6-7-15(25-8-12)27-18(31)16(11-4-2-1-3-5-11)28-19(32)17-20(30-35-29-17)37-36-10-14(23)24/h6-8,11,13-14,16,26H,1-5,9-10H2,(H,28,32)(H,25,27,31)/t16-/m0/s1. The van der Waals surface area contributed by atoms with Crippen LogP contribution in [-0.4, -0.2) is 66.7 Å². The van der Waals surface area contributed by atoms with Crippen molar-refractivity contribution in [2.45, 2.75) is 60.9 Å². The zero-order valence-corrected chi connectivity index (χ0v) is 22.1. The maximum Gasteiger partial charge on any atom is 0.277 e. The van der Waals surface area contributed by atoms with Gasteiger partial charge in [-0.3, -0.25) is 9.59 Å². The second-order valence-corrected chi connectivity index (χ2v) is 12.2. The summed E-state index contributed by atoms with van der Waals surface area (Å²) in [5.41, 5.74) is -0.255. The van der Waals surface area contributed by atoms with Crippen LogP contribution < -0.4 is 15.4 Å². The molecule has 3 rings (SSSR count). The van der Waals surface area contributed by atoms with Gasteiger partial charge in [-0.1, -0.05) is 30.1 Å². The smallest absolute Gasteiger partial charge is 0.277 e. The normalized spacial score (nSPS) is 15.5. The van der Waals surface area contributed by atoms with E-state index in [2.05, 4.69) is 30.6 Å². The molecule has 1 fully saturated rings. The molecule has 0 unspecified atom stereocenters. The lowest BCUT2D eigenvalue weighted by atomic mass is 9.83. The lowest BCUT2D eigenvalue weighted by molar-refractivity contribution is -0.119. The topological polar surface area (TPSA) is 156 Å². The van der Waals surface area contributed by atoms with Crippen LogP contribution in [0.5, 0.6) is 0 Å². The van der Waals surface area contributed by atoms with Crippen molar-refractivity contribution in [3.63, 3.8) is 0 Å². The van der Waals surface area contributed by atoms with E-state index in [0.29, 0.717) is 12.8 Å². The quantitative estimate of drug-likeness (QED) is 0.230. The fraction of sp³-hybridized carbons (Fsp3) is 0.550. The van der Waals surface area contributed by atoms with E-state index in [4.69, 9.17) is 0 Å². The van der Waals surface area contributed by atoms with Crippen molar-refractivity contribution < 1.29 is 40.2 Å². The summed E-state index contributed by atoms with van der Waals surface area (Å²) in [6, 6.07) is 1.25. The van der Waals surface area contributed by atoms with Crippen molar-refractivity contribution in [2.75, 3.05) is 17.6 Å². The van der Waals surface area contributed by atoms with Gasteiger partial charge in [0.15, 0.2) is 5.03 Å². The molecule has 1 aliphatic rings. The van der Waals surface area contributed by atoms with E-state index < -0.39 is 53.0 Å². The molecule has 2 aromatic heterocycles. The molecule has 3 N–H and O–H groups in total. The number of aromatic nitrogens is 3. The summed E-state index contributed by atoms with van der Waals surface area (Å²) >= 11 is 0. The van der Waals surface area contributed by atoms with Crippen molar-refractivity contribution in [2.24, 2.45) is 5.92 Å². The lowest BCUT2D eigenvalue weighted by Crippen LogP contribution is -2.49. The second kappa shape index (κ2) is 14.1. The SMILES string of the molecule is O=C(N[C@H](C(=O)Nc1ccc(S(=O)(=O)NCC(F)F)cn1)C1CCCCC1)c1nonc1SSCC(F)F. The number of sulfonamides is 1. The Hall–Kier alpha value is -2.44. The number of nitrogens with one attached hydrogen (secondary N) is 3. The molecule has 2 amide bonds. The predicted octanol–water partition coefficient (Wildman–Crippen LogP) is 3.33. The van der Waals surface area contributed by atoms with Gasteiger partial charge >= 0.3 is 0 Å². The molecule has 11 nitrogen and oxygen atoms in total. The van der Waals surface area contributed by atoms with Gasteiger partial charge in [0.1, 0.15) is 16.8 Å². The molecule has 18 heteroatoms. The Morgan fingerprint density at radius 3 is 2.45 bits per heavy atom. The fourth-order valence-electron chi connectivity index (χ4n) is 3.66. The summed E-state index contributed by atoms with van der Waals surface area (Å²) < 4.78 is 80.0. The molecule has 0 spiro atoms. The number of amides is 2. The summed E-state index contributed by atoms with van der Waals surface area (Å²) in [5, 5.41) is 12.2. The van der Waals surface area contributed by atoms with Gasteiger partial charge in [-0.2, -0.15) is 0 Å². The number of hydrogen-bond acceptors (Lipinski definition) is 10. The Labute approximate surface area is 223 Å². The van der Waals surface area contributed by atoms with Gasteiger partial charge in [0.05, 0.1) is 12.3 Å². The summed E-state index contributed by atoms with van der Waals surface area (Å²) in [6.45, 7) is -1.06. The van der Waals surface area contributed by atoms with Crippen LogP contribution in [0.15, 0.2) is 32.9 Å². The van der Waals surface area contributed by atoms with E-state index in [1.54, 1.807) is 4.72 Å². The number of nitrogens with zero attached hydrogens (tertiary/aromatic N) is 3. The minimum absolute atomic E-state index is 0.0186. The van der Waals surface area contributed by atoms with Crippen LogP contribution in [0.25, 0.3) is 0 Å². The van der Waals surface area contributed by atoms with Gasteiger partial charge in [-0.05, 0) is 52.0 Å². The maximum atomic E-state index is 13.2. The van der Waals surface area contributed by atoms with E-state index in [1.165, 1.54) is 6.07 Å². The molecule has 1 atom stereocenters. The molecule has 2 aromatic rings. The van der Waals surface area contributed by atoms with Crippen molar-refractivity contribution in [1.82, 2.24) is 25.3 Å². The number of halogens is 4. The van der Waals surface area contributed by atoms with Gasteiger partial charge < -0.3 is 10.6 Å². The Balaban J connectivity index is 1.71. The van der Waals surface area contributed by atoms with E-state index in [-0.39, 0.29) is 27.4 Å². The van der Waals surface area contributed by atoms with E-state index in [0.717, 1.165) is 53.1 Å². The highest BCUT2D eigenvalue weighted by Gasteiger charge is 2.33. The number of anilines is 1. The van der Waals surface area contributed by atoms with Gasteiger partial charge in [-0.25, -0.2) is 40.3 Å². The first-order valence-electron chi connectivity index (χ1n) is 11.3. The van der Waals surface area contributed by atoms with Crippen LogP contribution in [0.1, 0.15) is 42.6 Å². The molecule has 0 bridgehead atoms. The minimum atomic E-state index is -4.22. The number of carbonyl (C=O) groups excluding carboxylic acids is 2. The van der Waals surface area contributed by atoms with E-state index in [9.17, 15) is 35.6 Å². The third-order valence-electron chi connectivity index (χ3n) is 5.42. The molecule has 1 saturated carbocycles. The Bertz CT molecular complexity index is 1180. The first-order chi connectivity index (χ1) is 18.1. The van der Waals surface area contributed by atoms with Crippen LogP contribution in [0, 0.1) is 5.92 Å². The van der Waals surface area contributed by atoms with Crippen LogP contribution in [0.4, 0.5) is 23.4 Å². The molecule has 38 heavy (non-hydrogen) atoms. The second-order valence-electron chi connectivity index (χ2n) is 8.14. The largest absolute Gasteiger partial charge is 0.338 e. The average Bonchev–Trinajstić information content (AvgIpc) is 3.35. The number of alkyl halides is 4. The molecule has 0 saturated heterocycles. The van der Waals surface area contributed by atoms with Crippen molar-refractivity contribution in [3.05, 3.63) is 24.0 Å². The number of pyridine rings is 1. The van der Waals surface area contributed by atoms with Crippen molar-refractivity contribution in [3.8, 4) is 0 Å². The molecule has 0 aromatic carbocycles. The highest BCUT2D eigenvalue weighted by atomic mass is 33.1. The number of rotatable bonds is 13. The molecule has 1 aliphatic carbocycles. The van der Waals surface area contributed by atoms with Gasteiger partial charge in [0, 0.05) is 6.20 Å². The first-order valence-corrected chi connectivity index (χ1v) is 15.1. The average molecular weight is 601 g/mol.